The monoisotopic (exact) mass is 706 g/mol. The Morgan fingerprint density at radius 3 is 2.54 bits per heavy atom. The first-order valence-electron chi connectivity index (χ1n) is 16.7. The van der Waals surface area contributed by atoms with Gasteiger partial charge in [-0.15, -0.1) is 23.1 Å². The van der Waals surface area contributed by atoms with E-state index in [2.05, 4.69) is 20.9 Å². The molecule has 11 heteroatoms. The molecule has 2 aromatic heterocycles. The van der Waals surface area contributed by atoms with E-state index in [1.165, 1.54) is 23.1 Å². The Kier molecular flexibility index (Phi) is 11.1. The number of hydrogen-bond acceptors (Lipinski definition) is 7. The highest BCUT2D eigenvalue weighted by Crippen LogP contribution is 2.38. The zero-order valence-corrected chi connectivity index (χ0v) is 29.5. The number of nitrogens with one attached hydrogen (secondary N) is 4. The Bertz CT molecular complexity index is 2070. The molecule has 1 aliphatic rings. The molecular weight excluding hydrogens is 669 g/mol. The first-order valence-corrected chi connectivity index (χ1v) is 18.3. The maximum atomic E-state index is 13.7. The molecule has 4 N–H and O–H groups in total. The van der Waals surface area contributed by atoms with Crippen molar-refractivity contribution in [3.8, 4) is 0 Å². The lowest BCUT2D eigenvalue weighted by Gasteiger charge is -2.14. The molecular formula is C39H38N4O5S2. The first kappa shape index (κ1) is 34.7. The molecule has 1 aliphatic carbocycles. The van der Waals surface area contributed by atoms with Crippen molar-refractivity contribution in [2.45, 2.75) is 56.1 Å². The maximum Gasteiger partial charge on any atom is 0.341 e. The average Bonchev–Trinajstić information content (AvgIpc) is 3.60. The molecule has 256 valence electrons. The van der Waals surface area contributed by atoms with E-state index in [4.69, 9.17) is 4.74 Å². The number of fused-ring (bicyclic) bond motifs is 2. The smallest absolute Gasteiger partial charge is 0.341 e. The van der Waals surface area contributed by atoms with Crippen molar-refractivity contribution in [2.24, 2.45) is 0 Å². The van der Waals surface area contributed by atoms with Gasteiger partial charge in [0, 0.05) is 43.7 Å². The van der Waals surface area contributed by atoms with E-state index >= 15 is 0 Å². The fraction of sp³-hybridized carbons (Fsp3) is 0.231. The average molecular weight is 707 g/mol. The molecule has 50 heavy (non-hydrogen) atoms. The predicted octanol–water partition coefficient (Wildman–Crippen LogP) is 8.20. The van der Waals surface area contributed by atoms with Gasteiger partial charge in [-0.1, -0.05) is 48.9 Å². The molecule has 1 atom stereocenters. The molecule has 2 heterocycles. The Labute approximate surface area is 298 Å². The number of esters is 1. The van der Waals surface area contributed by atoms with E-state index in [1.807, 2.05) is 36.4 Å². The molecule has 0 radical (unpaired) electrons. The quantitative estimate of drug-likeness (QED) is 0.0474. The van der Waals surface area contributed by atoms with Crippen LogP contribution in [0, 0.1) is 0 Å². The number of para-hydroxylation sites is 1. The predicted molar refractivity (Wildman–Crippen MR) is 201 cm³/mol. The number of hydrogen-bond donors (Lipinski definition) is 4. The first-order chi connectivity index (χ1) is 24.3. The third-order valence-electron chi connectivity index (χ3n) is 8.36. The molecule has 0 fully saturated rings. The fourth-order valence-electron chi connectivity index (χ4n) is 5.88. The third-order valence-corrected chi connectivity index (χ3v) is 10.7. The van der Waals surface area contributed by atoms with Crippen LogP contribution in [0.15, 0.2) is 95.7 Å². The summed E-state index contributed by atoms with van der Waals surface area (Å²) in [5.41, 5.74) is 4.13. The normalized spacial score (nSPS) is 13.5. The number of thioether (sulfide) groups is 1. The van der Waals surface area contributed by atoms with Crippen LogP contribution in [0.4, 0.5) is 10.7 Å². The van der Waals surface area contributed by atoms with Gasteiger partial charge in [-0.25, -0.2) is 4.79 Å². The van der Waals surface area contributed by atoms with Gasteiger partial charge >= 0.3 is 5.97 Å². The number of ether oxygens (including phenoxy) is 1. The highest BCUT2D eigenvalue weighted by molar-refractivity contribution is 8.00. The van der Waals surface area contributed by atoms with Crippen LogP contribution in [0.2, 0.25) is 0 Å². The van der Waals surface area contributed by atoms with Crippen LogP contribution in [0.3, 0.4) is 0 Å². The Hall–Kier alpha value is -5.13. The number of anilines is 2. The number of amides is 3. The van der Waals surface area contributed by atoms with Gasteiger partial charge in [0.25, 0.3) is 11.8 Å². The van der Waals surface area contributed by atoms with E-state index in [0.717, 1.165) is 63.9 Å². The van der Waals surface area contributed by atoms with Crippen LogP contribution in [0.5, 0.6) is 0 Å². The number of carbonyl (C=O) groups excluding carboxylic acids is 4. The largest absolute Gasteiger partial charge is 0.462 e. The summed E-state index contributed by atoms with van der Waals surface area (Å²) in [6.07, 6.45) is 8.30. The minimum absolute atomic E-state index is 0.0705. The van der Waals surface area contributed by atoms with Crippen molar-refractivity contribution in [1.29, 1.82) is 0 Å². The zero-order valence-electron chi connectivity index (χ0n) is 27.8. The minimum atomic E-state index is -0.514. The second-order valence-corrected chi connectivity index (χ2v) is 14.4. The van der Waals surface area contributed by atoms with Gasteiger partial charge in [0.1, 0.15) is 10.7 Å². The molecule has 9 nitrogen and oxygen atoms in total. The van der Waals surface area contributed by atoms with E-state index in [0.29, 0.717) is 21.8 Å². The summed E-state index contributed by atoms with van der Waals surface area (Å²) in [5.74, 6) is -1.55. The Morgan fingerprint density at radius 2 is 1.72 bits per heavy atom. The van der Waals surface area contributed by atoms with Crippen molar-refractivity contribution >= 4 is 74.5 Å². The van der Waals surface area contributed by atoms with Crippen LogP contribution in [0.1, 0.15) is 69.8 Å². The van der Waals surface area contributed by atoms with Gasteiger partial charge in [-0.3, -0.25) is 14.4 Å². The Morgan fingerprint density at radius 1 is 0.940 bits per heavy atom. The van der Waals surface area contributed by atoms with Gasteiger partial charge in [0.2, 0.25) is 5.91 Å². The van der Waals surface area contributed by atoms with Crippen molar-refractivity contribution in [1.82, 2.24) is 10.3 Å². The molecule has 1 unspecified atom stereocenters. The van der Waals surface area contributed by atoms with Crippen LogP contribution in [-0.4, -0.2) is 40.5 Å². The number of aromatic nitrogens is 1. The van der Waals surface area contributed by atoms with Gasteiger partial charge in [0.05, 0.1) is 17.4 Å². The summed E-state index contributed by atoms with van der Waals surface area (Å²) in [6.45, 7) is 3.84. The number of H-pyrrole nitrogens is 1. The molecule has 3 amide bonds. The molecule has 0 bridgehead atoms. The highest BCUT2D eigenvalue weighted by atomic mass is 32.2. The van der Waals surface area contributed by atoms with Crippen molar-refractivity contribution in [3.63, 3.8) is 0 Å². The van der Waals surface area contributed by atoms with Gasteiger partial charge in [-0.2, -0.15) is 0 Å². The molecule has 0 saturated heterocycles. The lowest BCUT2D eigenvalue weighted by molar-refractivity contribution is -0.115. The number of thiophene rings is 1. The number of benzene rings is 3. The minimum Gasteiger partial charge on any atom is -0.462 e. The van der Waals surface area contributed by atoms with Crippen LogP contribution in [-0.2, 0) is 27.2 Å². The summed E-state index contributed by atoms with van der Waals surface area (Å²) in [5, 5.41) is 9.65. The topological polar surface area (TPSA) is 129 Å². The summed E-state index contributed by atoms with van der Waals surface area (Å²) >= 11 is 2.80. The molecule has 3 aromatic carbocycles. The summed E-state index contributed by atoms with van der Waals surface area (Å²) in [6, 6.07) is 23.6. The van der Waals surface area contributed by atoms with Crippen molar-refractivity contribution < 1.29 is 23.9 Å². The lowest BCUT2D eigenvalue weighted by Crippen LogP contribution is -2.30. The SMILES string of the molecule is CCOC(=O)c1c(NC(=O)C(C)Sc2cccc(NC(=O)/C(=C/c3c[nH]c4ccccc34)NC(=O)c3ccccc3)c2)sc2c1CCCCC2. The third kappa shape index (κ3) is 8.18. The number of rotatable bonds is 11. The number of carbonyl (C=O) groups is 4. The Balaban J connectivity index is 1.18. The van der Waals surface area contributed by atoms with E-state index in [1.54, 1.807) is 68.6 Å². The molecule has 0 spiro atoms. The number of aromatic amines is 1. The summed E-state index contributed by atoms with van der Waals surface area (Å²) in [7, 11) is 0. The van der Waals surface area contributed by atoms with Gasteiger partial charge in [0.15, 0.2) is 0 Å². The molecule has 0 saturated carbocycles. The van der Waals surface area contributed by atoms with Crippen LogP contribution < -0.4 is 16.0 Å². The standard InChI is InChI=1S/C39H38N4O5S2/c1-3-48-39(47)34-30-18-8-5-9-20-33(30)50-38(34)43-35(44)24(2)49-28-16-12-15-27(22-28)41-37(46)32(42-36(45)25-13-6-4-7-14-25)21-26-23-40-31-19-11-10-17-29(26)31/h4,6-7,10-17,19,21-24,40H,3,5,8-9,18,20H2,1-2H3,(H,41,46)(H,42,45)(H,43,44)/b32-21-. The van der Waals surface area contributed by atoms with Crippen LogP contribution >= 0.6 is 23.1 Å². The van der Waals surface area contributed by atoms with E-state index in [9.17, 15) is 19.2 Å². The summed E-state index contributed by atoms with van der Waals surface area (Å²) < 4.78 is 5.37. The summed E-state index contributed by atoms with van der Waals surface area (Å²) in [4.78, 5) is 58.4. The van der Waals surface area contributed by atoms with Crippen molar-refractivity contribution in [2.75, 3.05) is 17.2 Å². The lowest BCUT2D eigenvalue weighted by atomic mass is 10.1. The molecule has 6 rings (SSSR count). The van der Waals surface area contributed by atoms with Crippen LogP contribution in [0.25, 0.3) is 17.0 Å². The fourth-order valence-corrected chi connectivity index (χ4v) is 8.08. The molecule has 0 aliphatic heterocycles. The van der Waals surface area contributed by atoms with Crippen molar-refractivity contribution in [3.05, 3.63) is 118 Å². The maximum absolute atomic E-state index is 13.7. The molecule has 5 aromatic rings. The zero-order chi connectivity index (χ0) is 35.0. The number of aryl methyl sites for hydroxylation is 1. The van der Waals surface area contributed by atoms with E-state index < -0.39 is 23.0 Å². The van der Waals surface area contributed by atoms with E-state index in [-0.39, 0.29) is 18.2 Å². The second kappa shape index (κ2) is 16.1. The highest BCUT2D eigenvalue weighted by Gasteiger charge is 2.28. The van der Waals surface area contributed by atoms with Gasteiger partial charge in [-0.05, 0) is 87.6 Å². The van der Waals surface area contributed by atoms with Gasteiger partial charge < -0.3 is 25.7 Å². The second-order valence-electron chi connectivity index (χ2n) is 11.9.